The molecule has 25 heavy (non-hydrogen) atoms. The van der Waals surface area contributed by atoms with E-state index in [1.165, 1.54) is 23.1 Å². The number of rotatable bonds is 2. The van der Waals surface area contributed by atoms with E-state index < -0.39 is 4.92 Å². The Balaban J connectivity index is 1.88. The molecule has 1 amide bonds. The van der Waals surface area contributed by atoms with Gasteiger partial charge in [0.1, 0.15) is 0 Å². The number of hydrogen-bond donors (Lipinski definition) is 1. The molecule has 1 atom stereocenters. The Morgan fingerprint density at radius 3 is 2.60 bits per heavy atom. The third-order valence-corrected chi connectivity index (χ3v) is 4.86. The average molecular weight is 335 g/mol. The maximum Gasteiger partial charge on any atom is 0.269 e. The number of para-hydroxylation sites is 1. The van der Waals surface area contributed by atoms with Crippen LogP contribution in [-0.4, -0.2) is 27.3 Å². The third-order valence-electron chi connectivity index (χ3n) is 4.86. The van der Waals surface area contributed by atoms with E-state index in [1.807, 2.05) is 23.1 Å². The summed E-state index contributed by atoms with van der Waals surface area (Å²) >= 11 is 0. The van der Waals surface area contributed by atoms with Crippen LogP contribution in [0.5, 0.6) is 0 Å². The van der Waals surface area contributed by atoms with Crippen LogP contribution in [0.2, 0.25) is 0 Å². The second-order valence-electron chi connectivity index (χ2n) is 6.28. The molecule has 1 aromatic heterocycles. The number of non-ortho nitro benzene ring substituents is 1. The van der Waals surface area contributed by atoms with Crippen LogP contribution in [0.3, 0.4) is 0 Å². The van der Waals surface area contributed by atoms with Crippen LogP contribution in [0, 0.1) is 10.1 Å². The van der Waals surface area contributed by atoms with Crippen molar-refractivity contribution in [3.05, 3.63) is 75.5 Å². The van der Waals surface area contributed by atoms with Crippen LogP contribution in [0.15, 0.2) is 48.5 Å². The molecule has 6 nitrogen and oxygen atoms in total. The number of aromatic nitrogens is 1. The van der Waals surface area contributed by atoms with Gasteiger partial charge in [0.05, 0.1) is 11.0 Å². The van der Waals surface area contributed by atoms with Crippen molar-refractivity contribution in [3.8, 4) is 0 Å². The average Bonchev–Trinajstić information content (AvgIpc) is 2.99. The van der Waals surface area contributed by atoms with E-state index >= 15 is 0 Å². The zero-order chi connectivity index (χ0) is 17.6. The lowest BCUT2D eigenvalue weighted by Gasteiger charge is -2.35. The molecule has 0 aliphatic carbocycles. The van der Waals surface area contributed by atoms with E-state index in [1.54, 1.807) is 19.1 Å². The second kappa shape index (κ2) is 5.73. The highest BCUT2D eigenvalue weighted by Gasteiger charge is 2.33. The maximum absolute atomic E-state index is 12.2. The lowest BCUT2D eigenvalue weighted by molar-refractivity contribution is -0.384. The molecule has 0 spiro atoms. The van der Waals surface area contributed by atoms with Gasteiger partial charge < -0.3 is 9.88 Å². The molecule has 0 saturated heterocycles. The predicted molar refractivity (Wildman–Crippen MR) is 94.3 cm³/mol. The molecule has 2 aromatic carbocycles. The standard InChI is InChI=1S/C19H17N3O3/c1-12(23)21-11-10-16-15-4-2-3-5-17(15)20-18(16)19(21)13-6-8-14(9-7-13)22(24)25/h2-9,19-20H,10-11H2,1H3/t19-/m0/s1. The minimum atomic E-state index is -0.415. The topological polar surface area (TPSA) is 79.2 Å². The highest BCUT2D eigenvalue weighted by atomic mass is 16.6. The van der Waals surface area contributed by atoms with E-state index in [0.717, 1.165) is 23.2 Å². The van der Waals surface area contributed by atoms with Crippen molar-refractivity contribution < 1.29 is 9.72 Å². The molecule has 4 rings (SSSR count). The summed E-state index contributed by atoms with van der Waals surface area (Å²) < 4.78 is 0. The quantitative estimate of drug-likeness (QED) is 0.574. The first kappa shape index (κ1) is 15.4. The normalized spacial score (nSPS) is 16.7. The summed E-state index contributed by atoms with van der Waals surface area (Å²) in [5.74, 6) is -0.00680. The number of carbonyl (C=O) groups is 1. The molecule has 0 unspecified atom stereocenters. The Morgan fingerprint density at radius 1 is 1.20 bits per heavy atom. The Labute approximate surface area is 144 Å². The Bertz CT molecular complexity index is 975. The summed E-state index contributed by atoms with van der Waals surface area (Å²) in [6, 6.07) is 14.3. The van der Waals surface area contributed by atoms with Crippen LogP contribution >= 0.6 is 0 Å². The molecule has 0 radical (unpaired) electrons. The minimum absolute atomic E-state index is 0.00680. The number of nitrogens with one attached hydrogen (secondary N) is 1. The molecule has 0 fully saturated rings. The largest absolute Gasteiger partial charge is 0.356 e. The Kier molecular flexibility index (Phi) is 3.53. The fourth-order valence-electron chi connectivity index (χ4n) is 3.71. The Morgan fingerprint density at radius 2 is 1.92 bits per heavy atom. The van der Waals surface area contributed by atoms with Crippen LogP contribution in [-0.2, 0) is 11.2 Å². The molecule has 126 valence electrons. The minimum Gasteiger partial charge on any atom is -0.356 e. The molecule has 2 heterocycles. The molecule has 1 N–H and O–H groups in total. The van der Waals surface area contributed by atoms with Gasteiger partial charge in [0, 0.05) is 42.2 Å². The van der Waals surface area contributed by atoms with E-state index in [2.05, 4.69) is 11.1 Å². The molecule has 6 heteroatoms. The van der Waals surface area contributed by atoms with Crippen LogP contribution in [0.1, 0.15) is 29.8 Å². The van der Waals surface area contributed by atoms with E-state index in [-0.39, 0.29) is 17.6 Å². The summed E-state index contributed by atoms with van der Waals surface area (Å²) in [5, 5.41) is 12.1. The van der Waals surface area contributed by atoms with Gasteiger partial charge in [-0.15, -0.1) is 0 Å². The van der Waals surface area contributed by atoms with Crippen molar-refractivity contribution in [1.82, 2.24) is 9.88 Å². The summed E-state index contributed by atoms with van der Waals surface area (Å²) in [5.41, 5.74) is 4.18. The molecular formula is C19H17N3O3. The Hall–Kier alpha value is -3.15. The number of H-pyrrole nitrogens is 1. The van der Waals surface area contributed by atoms with Crippen molar-refractivity contribution in [3.63, 3.8) is 0 Å². The molecule has 3 aromatic rings. The smallest absolute Gasteiger partial charge is 0.269 e. The molecule has 1 aliphatic heterocycles. The number of benzene rings is 2. The number of fused-ring (bicyclic) bond motifs is 3. The number of aromatic amines is 1. The van der Waals surface area contributed by atoms with E-state index in [9.17, 15) is 14.9 Å². The van der Waals surface area contributed by atoms with Gasteiger partial charge in [0.2, 0.25) is 5.91 Å². The van der Waals surface area contributed by atoms with Gasteiger partial charge in [-0.05, 0) is 35.7 Å². The molecule has 0 saturated carbocycles. The summed E-state index contributed by atoms with van der Waals surface area (Å²) in [6.07, 6.45) is 0.794. The number of hydrogen-bond acceptors (Lipinski definition) is 3. The fraction of sp³-hybridized carbons (Fsp3) is 0.211. The molecular weight excluding hydrogens is 318 g/mol. The van der Waals surface area contributed by atoms with Crippen LogP contribution in [0.4, 0.5) is 5.69 Å². The first-order chi connectivity index (χ1) is 12.1. The van der Waals surface area contributed by atoms with Crippen molar-refractivity contribution in [2.45, 2.75) is 19.4 Å². The SMILES string of the molecule is CC(=O)N1CCc2c([nH]c3ccccc23)[C@@H]1c1ccc([N+](=O)[O-])cc1. The van der Waals surface area contributed by atoms with Gasteiger partial charge in [-0.2, -0.15) is 0 Å². The fourth-order valence-corrected chi connectivity index (χ4v) is 3.71. The number of nitrogens with zero attached hydrogens (tertiary/aromatic N) is 2. The highest BCUT2D eigenvalue weighted by Crippen LogP contribution is 2.38. The zero-order valence-corrected chi connectivity index (χ0v) is 13.7. The van der Waals surface area contributed by atoms with Crippen molar-refractivity contribution in [2.24, 2.45) is 0 Å². The molecule has 1 aliphatic rings. The predicted octanol–water partition coefficient (Wildman–Crippen LogP) is 3.57. The number of amides is 1. The molecule has 0 bridgehead atoms. The van der Waals surface area contributed by atoms with Gasteiger partial charge in [-0.25, -0.2) is 0 Å². The van der Waals surface area contributed by atoms with Gasteiger partial charge in [0.25, 0.3) is 5.69 Å². The van der Waals surface area contributed by atoms with Gasteiger partial charge in [-0.3, -0.25) is 14.9 Å². The van der Waals surface area contributed by atoms with Crippen LogP contribution < -0.4 is 0 Å². The summed E-state index contributed by atoms with van der Waals surface area (Å²) in [4.78, 5) is 28.0. The zero-order valence-electron chi connectivity index (χ0n) is 13.7. The lowest BCUT2D eigenvalue weighted by atomic mass is 9.92. The summed E-state index contributed by atoms with van der Waals surface area (Å²) in [6.45, 7) is 2.19. The van der Waals surface area contributed by atoms with Crippen molar-refractivity contribution in [1.29, 1.82) is 0 Å². The number of nitro benzene ring substituents is 1. The van der Waals surface area contributed by atoms with Gasteiger partial charge in [-0.1, -0.05) is 18.2 Å². The maximum atomic E-state index is 12.2. The second-order valence-corrected chi connectivity index (χ2v) is 6.28. The first-order valence-electron chi connectivity index (χ1n) is 8.17. The lowest BCUT2D eigenvalue weighted by Crippen LogP contribution is -2.39. The summed E-state index contributed by atoms with van der Waals surface area (Å²) in [7, 11) is 0. The van der Waals surface area contributed by atoms with Gasteiger partial charge in [0.15, 0.2) is 0 Å². The van der Waals surface area contributed by atoms with E-state index in [0.29, 0.717) is 6.54 Å². The van der Waals surface area contributed by atoms with Crippen molar-refractivity contribution in [2.75, 3.05) is 6.54 Å². The van der Waals surface area contributed by atoms with Crippen molar-refractivity contribution >= 4 is 22.5 Å². The van der Waals surface area contributed by atoms with E-state index in [4.69, 9.17) is 0 Å². The highest BCUT2D eigenvalue weighted by molar-refractivity contribution is 5.86. The third kappa shape index (κ3) is 2.46. The van der Waals surface area contributed by atoms with Crippen LogP contribution in [0.25, 0.3) is 10.9 Å². The monoisotopic (exact) mass is 335 g/mol. The first-order valence-corrected chi connectivity index (χ1v) is 8.17. The number of carbonyl (C=O) groups excluding carboxylic acids is 1. The van der Waals surface area contributed by atoms with Gasteiger partial charge >= 0.3 is 0 Å². The number of nitro groups is 1.